The summed E-state index contributed by atoms with van der Waals surface area (Å²) in [6.45, 7) is 4.36. The largest absolute Gasteiger partial charge is 0.395 e. The molecule has 0 aliphatic carbocycles. The number of thioether (sulfide) groups is 2. The average Bonchev–Trinajstić information content (AvgIpc) is 2.75. The van der Waals surface area contributed by atoms with Crippen molar-refractivity contribution in [2.75, 3.05) is 18.6 Å². The highest BCUT2D eigenvalue weighted by molar-refractivity contribution is 8.02. The molecule has 0 fully saturated rings. The van der Waals surface area contributed by atoms with Gasteiger partial charge in [0.05, 0.1) is 6.61 Å². The Kier molecular flexibility index (Phi) is 7.45. The number of rotatable bonds is 8. The summed E-state index contributed by atoms with van der Waals surface area (Å²) >= 11 is 4.96. The fourth-order valence-corrected chi connectivity index (χ4v) is 3.89. The van der Waals surface area contributed by atoms with Gasteiger partial charge in [0.2, 0.25) is 0 Å². The number of hydrogen-bond acceptors (Lipinski definition) is 7. The number of aliphatic hydroxyl groups excluding tert-OH is 1. The lowest BCUT2D eigenvalue weighted by Crippen LogP contribution is -2.37. The molecule has 1 heterocycles. The third kappa shape index (κ3) is 6.05. The molecular formula is C10H19N3OS3. The van der Waals surface area contributed by atoms with Gasteiger partial charge < -0.3 is 10.4 Å². The van der Waals surface area contributed by atoms with Crippen LogP contribution in [0.25, 0.3) is 0 Å². The molecular weight excluding hydrogens is 274 g/mol. The van der Waals surface area contributed by atoms with Crippen LogP contribution in [0.5, 0.6) is 0 Å². The maximum atomic E-state index is 9.21. The zero-order chi connectivity index (χ0) is 12.7. The molecule has 0 spiro atoms. The van der Waals surface area contributed by atoms with Crippen LogP contribution < -0.4 is 5.32 Å². The van der Waals surface area contributed by atoms with E-state index in [1.165, 1.54) is 0 Å². The van der Waals surface area contributed by atoms with Crippen molar-refractivity contribution < 1.29 is 5.11 Å². The van der Waals surface area contributed by atoms with Crippen molar-refractivity contribution >= 4 is 34.9 Å². The summed E-state index contributed by atoms with van der Waals surface area (Å²) in [5.74, 6) is 0.952. The highest BCUT2D eigenvalue weighted by atomic mass is 32.2. The van der Waals surface area contributed by atoms with Gasteiger partial charge in [-0.05, 0) is 12.7 Å². The van der Waals surface area contributed by atoms with E-state index in [9.17, 15) is 5.11 Å². The Hall–Kier alpha value is 0.180. The Labute approximate surface area is 115 Å². The maximum Gasteiger partial charge on any atom is 0.175 e. The van der Waals surface area contributed by atoms with Crippen LogP contribution in [0.15, 0.2) is 8.68 Å². The van der Waals surface area contributed by atoms with Crippen LogP contribution in [0.2, 0.25) is 0 Å². The molecule has 0 aliphatic heterocycles. The van der Waals surface area contributed by atoms with Crippen LogP contribution in [-0.2, 0) is 0 Å². The third-order valence-electron chi connectivity index (χ3n) is 2.04. The summed E-state index contributed by atoms with van der Waals surface area (Å²) in [4.78, 5) is 0. The predicted octanol–water partition coefficient (Wildman–Crippen LogP) is 2.10. The van der Waals surface area contributed by atoms with Gasteiger partial charge in [-0.2, -0.15) is 0 Å². The van der Waals surface area contributed by atoms with Crippen LogP contribution in [0.3, 0.4) is 0 Å². The first-order chi connectivity index (χ1) is 8.15. The second kappa shape index (κ2) is 8.31. The summed E-state index contributed by atoms with van der Waals surface area (Å²) in [5, 5.41) is 20.7. The van der Waals surface area contributed by atoms with E-state index in [0.717, 1.165) is 20.9 Å². The fourth-order valence-electron chi connectivity index (χ4n) is 1.33. The van der Waals surface area contributed by atoms with Gasteiger partial charge in [0, 0.05) is 17.8 Å². The molecule has 17 heavy (non-hydrogen) atoms. The van der Waals surface area contributed by atoms with E-state index in [4.69, 9.17) is 0 Å². The lowest BCUT2D eigenvalue weighted by molar-refractivity contribution is 0.232. The molecule has 0 aliphatic rings. The van der Waals surface area contributed by atoms with Crippen LogP contribution in [-0.4, -0.2) is 46.0 Å². The molecule has 1 aromatic heterocycles. The quantitative estimate of drug-likeness (QED) is 0.716. The van der Waals surface area contributed by atoms with Gasteiger partial charge in [0.25, 0.3) is 0 Å². The summed E-state index contributed by atoms with van der Waals surface area (Å²) in [6, 6.07) is 0.581. The molecule has 98 valence electrons. The monoisotopic (exact) mass is 293 g/mol. The zero-order valence-corrected chi connectivity index (χ0v) is 12.8. The lowest BCUT2D eigenvalue weighted by atomic mass is 10.2. The second-order valence-corrected chi connectivity index (χ2v) is 7.25. The maximum absolute atomic E-state index is 9.21. The minimum atomic E-state index is 0.176. The SMILES string of the molecule is CSc1nnc(SCCC(CO)NC(C)C)s1. The van der Waals surface area contributed by atoms with E-state index >= 15 is 0 Å². The minimum absolute atomic E-state index is 0.176. The van der Waals surface area contributed by atoms with Crippen molar-refractivity contribution in [1.29, 1.82) is 0 Å². The third-order valence-corrected chi connectivity index (χ3v) is 5.11. The Morgan fingerprint density at radius 1 is 1.35 bits per heavy atom. The highest BCUT2D eigenvalue weighted by Crippen LogP contribution is 2.27. The smallest absolute Gasteiger partial charge is 0.175 e. The van der Waals surface area contributed by atoms with E-state index < -0.39 is 0 Å². The highest BCUT2D eigenvalue weighted by Gasteiger charge is 2.09. The van der Waals surface area contributed by atoms with Crippen molar-refractivity contribution in [3.63, 3.8) is 0 Å². The molecule has 0 saturated heterocycles. The molecule has 0 amide bonds. The van der Waals surface area contributed by atoms with Crippen molar-refractivity contribution in [1.82, 2.24) is 15.5 Å². The first-order valence-corrected chi connectivity index (χ1v) is 8.55. The number of nitrogens with one attached hydrogen (secondary N) is 1. The summed E-state index contributed by atoms with van der Waals surface area (Å²) in [6.07, 6.45) is 2.94. The van der Waals surface area contributed by atoms with E-state index in [-0.39, 0.29) is 12.6 Å². The molecule has 1 unspecified atom stereocenters. The number of aliphatic hydroxyl groups is 1. The molecule has 0 saturated carbocycles. The summed E-state index contributed by atoms with van der Waals surface area (Å²) in [5.41, 5.74) is 0. The van der Waals surface area contributed by atoms with Gasteiger partial charge in [-0.15, -0.1) is 10.2 Å². The molecule has 1 atom stereocenters. The number of nitrogens with zero attached hydrogens (tertiary/aromatic N) is 2. The van der Waals surface area contributed by atoms with Gasteiger partial charge in [0.15, 0.2) is 8.68 Å². The second-order valence-electron chi connectivity index (χ2n) is 3.88. The predicted molar refractivity (Wildman–Crippen MR) is 76.2 cm³/mol. The molecule has 0 bridgehead atoms. The van der Waals surface area contributed by atoms with E-state index in [2.05, 4.69) is 29.4 Å². The Morgan fingerprint density at radius 2 is 2.06 bits per heavy atom. The summed E-state index contributed by atoms with van der Waals surface area (Å²) in [7, 11) is 0. The first-order valence-electron chi connectivity index (χ1n) is 5.53. The van der Waals surface area contributed by atoms with E-state index in [1.807, 2.05) is 6.26 Å². The molecule has 2 N–H and O–H groups in total. The molecule has 0 radical (unpaired) electrons. The van der Waals surface area contributed by atoms with Crippen molar-refractivity contribution in [2.45, 2.75) is 41.0 Å². The normalized spacial score (nSPS) is 13.2. The standard InChI is InChI=1S/C10H19N3OS3/c1-7(2)11-8(6-14)4-5-16-10-13-12-9(15-3)17-10/h7-8,11,14H,4-6H2,1-3H3. The van der Waals surface area contributed by atoms with Crippen molar-refractivity contribution in [2.24, 2.45) is 0 Å². The summed E-state index contributed by atoms with van der Waals surface area (Å²) < 4.78 is 2.02. The molecule has 4 nitrogen and oxygen atoms in total. The first kappa shape index (κ1) is 15.2. The Bertz CT molecular complexity index is 319. The van der Waals surface area contributed by atoms with E-state index in [0.29, 0.717) is 6.04 Å². The number of aromatic nitrogens is 2. The zero-order valence-electron chi connectivity index (χ0n) is 10.3. The topological polar surface area (TPSA) is 58.0 Å². The minimum Gasteiger partial charge on any atom is -0.395 e. The molecule has 1 rings (SSSR count). The Morgan fingerprint density at radius 3 is 2.59 bits per heavy atom. The van der Waals surface area contributed by atoms with Gasteiger partial charge in [0.1, 0.15) is 0 Å². The van der Waals surface area contributed by atoms with Gasteiger partial charge in [-0.1, -0.05) is 48.7 Å². The van der Waals surface area contributed by atoms with Gasteiger partial charge >= 0.3 is 0 Å². The van der Waals surface area contributed by atoms with Crippen LogP contribution in [0, 0.1) is 0 Å². The lowest BCUT2D eigenvalue weighted by Gasteiger charge is -2.18. The van der Waals surface area contributed by atoms with Crippen LogP contribution in [0.4, 0.5) is 0 Å². The van der Waals surface area contributed by atoms with Crippen molar-refractivity contribution in [3.8, 4) is 0 Å². The van der Waals surface area contributed by atoms with Crippen LogP contribution in [0.1, 0.15) is 20.3 Å². The molecule has 0 aromatic carbocycles. The molecule has 7 heteroatoms. The van der Waals surface area contributed by atoms with E-state index in [1.54, 1.807) is 34.9 Å². The Balaban J connectivity index is 2.25. The molecule has 1 aromatic rings. The average molecular weight is 293 g/mol. The van der Waals surface area contributed by atoms with Gasteiger partial charge in [-0.3, -0.25) is 0 Å². The van der Waals surface area contributed by atoms with Crippen LogP contribution >= 0.6 is 34.9 Å². The fraction of sp³-hybridized carbons (Fsp3) is 0.800. The number of hydrogen-bond donors (Lipinski definition) is 2. The van der Waals surface area contributed by atoms with Gasteiger partial charge in [-0.25, -0.2) is 0 Å². The van der Waals surface area contributed by atoms with Crippen molar-refractivity contribution in [3.05, 3.63) is 0 Å².